The molecule has 8 nitrogen and oxygen atoms in total. The van der Waals surface area contributed by atoms with Gasteiger partial charge in [0.15, 0.2) is 5.78 Å². The number of carbonyl (C=O) groups is 3. The van der Waals surface area contributed by atoms with E-state index in [0.717, 1.165) is 0 Å². The molecule has 1 N–H and O–H groups in total. The van der Waals surface area contributed by atoms with Crippen molar-refractivity contribution >= 4 is 55.2 Å². The van der Waals surface area contributed by atoms with E-state index in [2.05, 4.69) is 31.9 Å². The minimum Gasteiger partial charge on any atom is -0.478 e. The molecule has 198 valence electrons. The van der Waals surface area contributed by atoms with Crippen LogP contribution in [-0.2, 0) is 0 Å². The Hall–Kier alpha value is -4.06. The van der Waals surface area contributed by atoms with Gasteiger partial charge in [-0.2, -0.15) is 10.5 Å². The molecule has 0 saturated carbocycles. The SMILES string of the molecule is CC(=O)c1ccc(N2CCN(C(=O)c3cc(C#N)ccc3Br)CC2)c(F)c1.N#Cc1ccc(Br)c(C(=O)O)c1. The molecule has 1 heterocycles. The van der Waals surface area contributed by atoms with Gasteiger partial charge in [-0.1, -0.05) is 0 Å². The molecule has 0 aliphatic carbocycles. The molecular formula is C28H21Br2FN4O4. The summed E-state index contributed by atoms with van der Waals surface area (Å²) < 4.78 is 15.5. The standard InChI is InChI=1S/C20H17BrFN3O2.C8H4BrNO2/c1-13(26)15-3-5-19(18(22)11-15)24-6-8-25(9-7-24)20(27)16-10-14(12-23)2-4-17(16)21;9-7-2-1-5(4-10)3-6(7)8(11)12/h2-5,10-11H,6-9H2,1H3;1-3H,(H,11,12). The number of hydrogen-bond acceptors (Lipinski definition) is 6. The second-order valence-electron chi connectivity index (χ2n) is 8.42. The maximum Gasteiger partial charge on any atom is 0.336 e. The fourth-order valence-electron chi connectivity index (χ4n) is 3.82. The third kappa shape index (κ3) is 7.29. The molecule has 0 radical (unpaired) electrons. The third-order valence-corrected chi connectivity index (χ3v) is 7.30. The van der Waals surface area contributed by atoms with Gasteiger partial charge in [0.2, 0.25) is 0 Å². The Balaban J connectivity index is 0.000000293. The number of aromatic carboxylic acids is 1. The predicted molar refractivity (Wildman–Crippen MR) is 149 cm³/mol. The van der Waals surface area contributed by atoms with Crippen LogP contribution in [0, 0.1) is 28.5 Å². The number of nitrogens with zero attached hydrogens (tertiary/aromatic N) is 4. The van der Waals surface area contributed by atoms with Crippen LogP contribution in [0.2, 0.25) is 0 Å². The molecule has 39 heavy (non-hydrogen) atoms. The average Bonchev–Trinajstić information content (AvgIpc) is 2.93. The van der Waals surface area contributed by atoms with Crippen LogP contribution in [0.5, 0.6) is 0 Å². The first-order valence-electron chi connectivity index (χ1n) is 11.5. The van der Waals surface area contributed by atoms with E-state index in [1.54, 1.807) is 47.4 Å². The average molecular weight is 656 g/mol. The van der Waals surface area contributed by atoms with Crippen LogP contribution >= 0.6 is 31.9 Å². The molecule has 11 heteroatoms. The molecule has 1 aliphatic heterocycles. The van der Waals surface area contributed by atoms with Gasteiger partial charge in [-0.15, -0.1) is 0 Å². The van der Waals surface area contributed by atoms with Crippen molar-refractivity contribution in [1.29, 1.82) is 10.5 Å². The number of carbonyl (C=O) groups excluding carboxylic acids is 2. The van der Waals surface area contributed by atoms with Crippen molar-refractivity contribution in [3.05, 3.63) is 97.2 Å². The number of anilines is 1. The molecular weight excluding hydrogens is 635 g/mol. The van der Waals surface area contributed by atoms with E-state index in [1.807, 2.05) is 17.0 Å². The van der Waals surface area contributed by atoms with E-state index in [9.17, 15) is 18.8 Å². The molecule has 4 rings (SSSR count). The van der Waals surface area contributed by atoms with Crippen molar-refractivity contribution in [1.82, 2.24) is 4.90 Å². The second kappa shape index (κ2) is 13.1. The normalized spacial score (nSPS) is 12.5. The maximum absolute atomic E-state index is 14.3. The minimum absolute atomic E-state index is 0.106. The highest BCUT2D eigenvalue weighted by atomic mass is 79.9. The van der Waals surface area contributed by atoms with Crippen LogP contribution < -0.4 is 4.90 Å². The first-order valence-corrected chi connectivity index (χ1v) is 13.1. The van der Waals surface area contributed by atoms with E-state index < -0.39 is 11.8 Å². The summed E-state index contributed by atoms with van der Waals surface area (Å²) in [6.07, 6.45) is 0. The second-order valence-corrected chi connectivity index (χ2v) is 10.1. The van der Waals surface area contributed by atoms with E-state index in [0.29, 0.717) is 63.1 Å². The molecule has 0 spiro atoms. The van der Waals surface area contributed by atoms with E-state index in [1.165, 1.54) is 19.1 Å². The number of hydrogen-bond donors (Lipinski definition) is 1. The quantitative estimate of drug-likeness (QED) is 0.360. The smallest absolute Gasteiger partial charge is 0.336 e. The number of ketones is 1. The van der Waals surface area contributed by atoms with Gasteiger partial charge in [-0.25, -0.2) is 9.18 Å². The number of carboxylic acid groups (broad SMARTS) is 1. The zero-order chi connectivity index (χ0) is 28.7. The van der Waals surface area contributed by atoms with Crippen molar-refractivity contribution in [3.63, 3.8) is 0 Å². The first kappa shape index (κ1) is 29.5. The number of benzene rings is 3. The molecule has 0 atom stereocenters. The molecule has 0 aromatic heterocycles. The highest BCUT2D eigenvalue weighted by Crippen LogP contribution is 2.25. The van der Waals surface area contributed by atoms with Crippen LogP contribution in [0.25, 0.3) is 0 Å². The van der Waals surface area contributed by atoms with Gasteiger partial charge >= 0.3 is 5.97 Å². The minimum atomic E-state index is -1.04. The lowest BCUT2D eigenvalue weighted by Crippen LogP contribution is -2.49. The number of piperazine rings is 1. The molecule has 1 amide bonds. The number of carboxylic acids is 1. The summed E-state index contributed by atoms with van der Waals surface area (Å²) in [7, 11) is 0. The Kier molecular flexibility index (Phi) is 9.94. The molecule has 0 bridgehead atoms. The van der Waals surface area contributed by atoms with Crippen molar-refractivity contribution in [3.8, 4) is 12.1 Å². The lowest BCUT2D eigenvalue weighted by molar-refractivity contribution is 0.0694. The third-order valence-electron chi connectivity index (χ3n) is 5.91. The zero-order valence-electron chi connectivity index (χ0n) is 20.6. The predicted octanol–water partition coefficient (Wildman–Crippen LogP) is 5.64. The summed E-state index contributed by atoms with van der Waals surface area (Å²) in [5.74, 6) is -1.82. The van der Waals surface area contributed by atoms with Gasteiger partial charge in [-0.05, 0) is 93.4 Å². The highest BCUT2D eigenvalue weighted by molar-refractivity contribution is 9.10. The number of Topliss-reactive ketones (excluding diaryl/α,β-unsaturated/α-hetero) is 1. The van der Waals surface area contributed by atoms with E-state index in [-0.39, 0.29) is 17.3 Å². The summed E-state index contributed by atoms with van der Waals surface area (Å²) >= 11 is 6.43. The Morgan fingerprint density at radius 1 is 0.846 bits per heavy atom. The number of halogens is 3. The molecule has 3 aromatic carbocycles. The Morgan fingerprint density at radius 3 is 1.87 bits per heavy atom. The van der Waals surface area contributed by atoms with Gasteiger partial charge in [0.05, 0.1) is 40.1 Å². The Morgan fingerprint density at radius 2 is 1.38 bits per heavy atom. The van der Waals surface area contributed by atoms with Crippen molar-refractivity contribution in [2.75, 3.05) is 31.1 Å². The summed E-state index contributed by atoms with van der Waals surface area (Å²) in [5, 5.41) is 26.2. The lowest BCUT2D eigenvalue weighted by Gasteiger charge is -2.36. The van der Waals surface area contributed by atoms with E-state index in [4.69, 9.17) is 15.6 Å². The van der Waals surface area contributed by atoms with Gasteiger partial charge in [0.1, 0.15) is 5.82 Å². The van der Waals surface area contributed by atoms with Crippen molar-refractivity contribution in [2.45, 2.75) is 6.92 Å². The molecule has 0 unspecified atom stereocenters. The van der Waals surface area contributed by atoms with Gasteiger partial charge in [0, 0.05) is 40.7 Å². The number of nitriles is 2. The number of amides is 1. The molecule has 1 saturated heterocycles. The van der Waals surface area contributed by atoms with Gasteiger partial charge in [-0.3, -0.25) is 9.59 Å². The van der Waals surface area contributed by atoms with Crippen LogP contribution in [0.4, 0.5) is 10.1 Å². The maximum atomic E-state index is 14.3. The molecule has 3 aromatic rings. The van der Waals surface area contributed by atoms with E-state index >= 15 is 0 Å². The van der Waals surface area contributed by atoms with Crippen molar-refractivity contribution in [2.24, 2.45) is 0 Å². The monoisotopic (exact) mass is 654 g/mol. The Bertz CT molecular complexity index is 1520. The van der Waals surface area contributed by atoms with Crippen LogP contribution in [0.3, 0.4) is 0 Å². The van der Waals surface area contributed by atoms with Crippen molar-refractivity contribution < 1.29 is 23.9 Å². The molecule has 1 aliphatic rings. The van der Waals surface area contributed by atoms with Crippen LogP contribution in [-0.4, -0.2) is 53.8 Å². The van der Waals surface area contributed by atoms with Crippen LogP contribution in [0.15, 0.2) is 63.5 Å². The van der Waals surface area contributed by atoms with Crippen LogP contribution in [0.1, 0.15) is 49.1 Å². The first-order chi connectivity index (χ1) is 18.5. The van der Waals surface area contributed by atoms with Gasteiger partial charge in [0.25, 0.3) is 5.91 Å². The summed E-state index contributed by atoms with van der Waals surface area (Å²) in [6, 6.07) is 17.7. The fraction of sp³-hybridized carbons (Fsp3) is 0.179. The summed E-state index contributed by atoms with van der Waals surface area (Å²) in [6.45, 7) is 3.25. The summed E-state index contributed by atoms with van der Waals surface area (Å²) in [4.78, 5) is 38.2. The largest absolute Gasteiger partial charge is 0.478 e. The Labute approximate surface area is 241 Å². The lowest BCUT2D eigenvalue weighted by atomic mass is 10.1. The zero-order valence-corrected chi connectivity index (χ0v) is 23.8. The topological polar surface area (TPSA) is 125 Å². The summed E-state index contributed by atoms with van der Waals surface area (Å²) in [5.41, 5.74) is 2.09. The highest BCUT2D eigenvalue weighted by Gasteiger charge is 2.25. The molecule has 1 fully saturated rings. The number of rotatable bonds is 4. The fourth-order valence-corrected chi connectivity index (χ4v) is 4.65. The van der Waals surface area contributed by atoms with Gasteiger partial charge < -0.3 is 14.9 Å².